The fraction of sp³-hybridized carbons (Fsp3) is 0.625. The van der Waals surface area contributed by atoms with Gasteiger partial charge < -0.3 is 0 Å². The van der Waals surface area contributed by atoms with E-state index < -0.39 is 0 Å². The number of halogens is 1. The van der Waals surface area contributed by atoms with E-state index in [2.05, 4.69) is 60.4 Å². The van der Waals surface area contributed by atoms with Crippen LogP contribution in [-0.2, 0) is 0 Å². The minimum Gasteiger partial charge on any atom is -0.227 e. The molecule has 0 radical (unpaired) electrons. The van der Waals surface area contributed by atoms with Gasteiger partial charge in [-0.25, -0.2) is 4.58 Å². The van der Waals surface area contributed by atoms with E-state index in [1.807, 2.05) is 0 Å². The number of hydrogen-bond acceptors (Lipinski definition) is 1. The second-order valence-corrected chi connectivity index (χ2v) is 4.03. The highest BCUT2D eigenvalue weighted by atomic mass is 127. The molecular formula is C8H15INS+. The summed E-state index contributed by atoms with van der Waals surface area (Å²) in [6, 6.07) is 0. The van der Waals surface area contributed by atoms with Gasteiger partial charge in [0.2, 0.25) is 3.72 Å². The predicted octanol–water partition coefficient (Wildman–Crippen LogP) is 2.75. The topological polar surface area (TPSA) is 3.01 Å². The summed E-state index contributed by atoms with van der Waals surface area (Å²) in [6.07, 6.45) is 4.26. The van der Waals surface area contributed by atoms with Crippen molar-refractivity contribution in [1.82, 2.24) is 0 Å². The highest BCUT2D eigenvalue weighted by Crippen LogP contribution is 2.16. The fourth-order valence-corrected chi connectivity index (χ4v) is 2.52. The first kappa shape index (κ1) is 11.5. The molecule has 0 spiro atoms. The van der Waals surface area contributed by atoms with Crippen LogP contribution in [0.4, 0.5) is 0 Å². The highest BCUT2D eigenvalue weighted by molar-refractivity contribution is 14.1. The number of nitrogens with zero attached hydrogens (tertiary/aromatic N) is 1. The van der Waals surface area contributed by atoms with Crippen LogP contribution in [0.3, 0.4) is 0 Å². The molecule has 0 saturated carbocycles. The van der Waals surface area contributed by atoms with Crippen LogP contribution < -0.4 is 0 Å². The van der Waals surface area contributed by atoms with Crippen LogP contribution in [0.2, 0.25) is 0 Å². The molecule has 0 N–H and O–H groups in total. The lowest BCUT2D eigenvalue weighted by molar-refractivity contribution is -0.488. The monoisotopic (exact) mass is 284 g/mol. The lowest BCUT2D eigenvalue weighted by Crippen LogP contribution is -2.12. The van der Waals surface area contributed by atoms with Crippen molar-refractivity contribution < 1.29 is 4.58 Å². The van der Waals surface area contributed by atoms with Crippen LogP contribution in [0, 0.1) is 0 Å². The quantitative estimate of drug-likeness (QED) is 0.437. The van der Waals surface area contributed by atoms with E-state index in [1.54, 1.807) is 11.8 Å². The predicted molar refractivity (Wildman–Crippen MR) is 63.0 cm³/mol. The molecule has 0 bridgehead atoms. The molecule has 0 fully saturated rings. The molecule has 0 atom stereocenters. The third kappa shape index (κ3) is 3.60. The van der Waals surface area contributed by atoms with Crippen LogP contribution >= 0.6 is 34.4 Å². The first-order chi connectivity index (χ1) is 5.17. The van der Waals surface area contributed by atoms with E-state index in [0.29, 0.717) is 0 Å². The zero-order valence-corrected chi connectivity index (χ0v) is 10.5. The second kappa shape index (κ2) is 6.06. The van der Waals surface area contributed by atoms with E-state index in [1.165, 1.54) is 8.62 Å². The molecule has 0 aromatic rings. The van der Waals surface area contributed by atoms with Crippen molar-refractivity contribution in [2.45, 2.75) is 13.8 Å². The van der Waals surface area contributed by atoms with Gasteiger partial charge in [-0.05, 0) is 20.1 Å². The molecule has 0 unspecified atom stereocenters. The molecule has 0 amide bonds. The summed E-state index contributed by atoms with van der Waals surface area (Å²) in [6.45, 7) is 5.30. The van der Waals surface area contributed by atoms with Gasteiger partial charge in [0.05, 0.1) is 4.91 Å². The van der Waals surface area contributed by atoms with E-state index in [0.717, 1.165) is 6.54 Å². The van der Waals surface area contributed by atoms with Crippen LogP contribution in [0.15, 0.2) is 11.0 Å². The molecule has 0 aliphatic rings. The lowest BCUT2D eigenvalue weighted by Gasteiger charge is -1.99. The van der Waals surface area contributed by atoms with Gasteiger partial charge in [-0.3, -0.25) is 0 Å². The normalized spacial score (nSPS) is 14.8. The average molecular weight is 284 g/mol. The Labute approximate surface area is 87.1 Å². The Bertz CT molecular complexity index is 185. The molecule has 0 aromatic heterocycles. The molecule has 1 nitrogen and oxygen atoms in total. The number of hydrogen-bond donors (Lipinski definition) is 0. The number of thioether (sulfide) groups is 1. The SMILES string of the molecule is C/C=C(SC)\C(I)=[N+](\C)CC. The average Bonchev–Trinajstić information content (AvgIpc) is 2.05. The van der Waals surface area contributed by atoms with Crippen molar-refractivity contribution in [3.8, 4) is 0 Å². The lowest BCUT2D eigenvalue weighted by atomic mass is 10.5. The molecule has 0 aliphatic carbocycles. The Morgan fingerprint density at radius 3 is 2.45 bits per heavy atom. The first-order valence-corrected chi connectivity index (χ1v) is 5.92. The molecule has 0 aromatic carbocycles. The maximum atomic E-state index is 2.38. The van der Waals surface area contributed by atoms with Crippen molar-refractivity contribution in [2.24, 2.45) is 0 Å². The summed E-state index contributed by atoms with van der Waals surface area (Å²) in [5.74, 6) is 0. The summed E-state index contributed by atoms with van der Waals surface area (Å²) in [5, 5.41) is 0. The maximum Gasteiger partial charge on any atom is 0.248 e. The van der Waals surface area contributed by atoms with Gasteiger partial charge in [0, 0.05) is 22.6 Å². The zero-order chi connectivity index (χ0) is 8.85. The largest absolute Gasteiger partial charge is 0.248 e. The molecular weight excluding hydrogens is 269 g/mol. The second-order valence-electron chi connectivity index (χ2n) is 2.16. The minimum absolute atomic E-state index is 1.07. The zero-order valence-electron chi connectivity index (χ0n) is 7.52. The Morgan fingerprint density at radius 1 is 1.64 bits per heavy atom. The standard InChI is InChI=1S/C8H15INS/c1-5-7(11-4)8(9)10(3)6-2/h5H,6H2,1-4H3/q+1/b7-5+,10-8+. The summed E-state index contributed by atoms with van der Waals surface area (Å²) < 4.78 is 3.58. The third-order valence-electron chi connectivity index (χ3n) is 1.49. The van der Waals surface area contributed by atoms with Gasteiger partial charge >= 0.3 is 0 Å². The number of allylic oxidation sites excluding steroid dienone is 2. The molecule has 64 valence electrons. The van der Waals surface area contributed by atoms with Gasteiger partial charge in [-0.2, -0.15) is 0 Å². The van der Waals surface area contributed by atoms with Gasteiger partial charge in [0.1, 0.15) is 13.6 Å². The Morgan fingerprint density at radius 2 is 2.18 bits per heavy atom. The molecule has 3 heteroatoms. The van der Waals surface area contributed by atoms with Crippen molar-refractivity contribution in [2.75, 3.05) is 19.8 Å². The van der Waals surface area contributed by atoms with Crippen molar-refractivity contribution >= 4 is 38.1 Å². The van der Waals surface area contributed by atoms with E-state index in [9.17, 15) is 0 Å². The smallest absolute Gasteiger partial charge is 0.227 e. The van der Waals surface area contributed by atoms with Crippen LogP contribution in [-0.4, -0.2) is 28.1 Å². The summed E-state index contributed by atoms with van der Waals surface area (Å²) in [4.78, 5) is 1.36. The van der Waals surface area contributed by atoms with Gasteiger partial charge in [-0.1, -0.05) is 6.08 Å². The van der Waals surface area contributed by atoms with Crippen molar-refractivity contribution in [3.05, 3.63) is 11.0 Å². The molecule has 0 saturated heterocycles. The molecule has 11 heavy (non-hydrogen) atoms. The van der Waals surface area contributed by atoms with Gasteiger partial charge in [0.15, 0.2) is 0 Å². The van der Waals surface area contributed by atoms with E-state index in [4.69, 9.17) is 0 Å². The fourth-order valence-electron chi connectivity index (χ4n) is 0.648. The van der Waals surface area contributed by atoms with Gasteiger partial charge in [0.25, 0.3) is 0 Å². The third-order valence-corrected chi connectivity index (χ3v) is 4.13. The summed E-state index contributed by atoms with van der Waals surface area (Å²) in [7, 11) is 2.11. The van der Waals surface area contributed by atoms with E-state index in [-0.39, 0.29) is 0 Å². The number of rotatable bonds is 3. The van der Waals surface area contributed by atoms with Crippen LogP contribution in [0.1, 0.15) is 13.8 Å². The Balaban J connectivity index is 4.57. The minimum atomic E-state index is 1.07. The van der Waals surface area contributed by atoms with Crippen molar-refractivity contribution in [3.63, 3.8) is 0 Å². The van der Waals surface area contributed by atoms with Crippen LogP contribution in [0.25, 0.3) is 0 Å². The van der Waals surface area contributed by atoms with E-state index >= 15 is 0 Å². The Hall–Kier alpha value is 0.490. The summed E-state index contributed by atoms with van der Waals surface area (Å²) in [5.41, 5.74) is 0. The molecule has 0 heterocycles. The highest BCUT2D eigenvalue weighted by Gasteiger charge is 2.09. The Kier molecular flexibility index (Phi) is 6.33. The summed E-state index contributed by atoms with van der Waals surface area (Å²) >= 11 is 4.18. The maximum absolute atomic E-state index is 2.38. The van der Waals surface area contributed by atoms with Crippen LogP contribution in [0.5, 0.6) is 0 Å². The first-order valence-electron chi connectivity index (χ1n) is 3.61. The van der Waals surface area contributed by atoms with Crippen molar-refractivity contribution in [1.29, 1.82) is 0 Å². The molecule has 0 aliphatic heterocycles. The molecule has 0 rings (SSSR count). The van der Waals surface area contributed by atoms with Gasteiger partial charge in [-0.15, -0.1) is 11.8 Å².